The largest absolute Gasteiger partial charge is 0.306 e. The van der Waals surface area contributed by atoms with E-state index in [-0.39, 0.29) is 0 Å². The van der Waals surface area contributed by atoms with Gasteiger partial charge >= 0.3 is 0 Å². The highest BCUT2D eigenvalue weighted by Crippen LogP contribution is 2.30. The highest BCUT2D eigenvalue weighted by molar-refractivity contribution is 7.14. The van der Waals surface area contributed by atoms with Crippen molar-refractivity contribution < 1.29 is 0 Å². The summed E-state index contributed by atoms with van der Waals surface area (Å²) in [5.41, 5.74) is 1.68. The van der Waals surface area contributed by atoms with Gasteiger partial charge in [-0.25, -0.2) is 0 Å². The van der Waals surface area contributed by atoms with Crippen molar-refractivity contribution in [1.82, 2.24) is 5.32 Å². The van der Waals surface area contributed by atoms with E-state index in [9.17, 15) is 0 Å². The minimum atomic E-state index is 0.313. The molecule has 0 atom stereocenters. The van der Waals surface area contributed by atoms with Crippen molar-refractivity contribution in [3.05, 3.63) is 33.8 Å². The molecule has 0 unspecified atom stereocenters. The molecule has 19 heavy (non-hydrogen) atoms. The first-order valence-electron chi connectivity index (χ1n) is 7.09. The third kappa shape index (κ3) is 3.47. The van der Waals surface area contributed by atoms with E-state index in [2.05, 4.69) is 55.0 Å². The second-order valence-corrected chi connectivity index (χ2v) is 6.92. The monoisotopic (exact) mass is 293 g/mol. The number of thiophene rings is 2. The van der Waals surface area contributed by atoms with Gasteiger partial charge in [-0.15, -0.1) is 22.7 Å². The highest BCUT2D eigenvalue weighted by atomic mass is 32.1. The van der Waals surface area contributed by atoms with Crippen molar-refractivity contribution in [3.63, 3.8) is 0 Å². The zero-order valence-electron chi connectivity index (χ0n) is 12.0. The summed E-state index contributed by atoms with van der Waals surface area (Å²) in [6, 6.07) is 6.64. The zero-order valence-corrected chi connectivity index (χ0v) is 13.7. The number of rotatable bonds is 7. The standard InChI is InChI=1S/C16H23NS2/c1-4-16(5-2,6-3)17-11-14-10-13(12-19-14)15-8-7-9-18-15/h7-10,12,17H,4-6,11H2,1-3H3. The zero-order chi connectivity index (χ0) is 13.7. The van der Waals surface area contributed by atoms with Gasteiger partial charge in [0.25, 0.3) is 0 Å². The van der Waals surface area contributed by atoms with Crippen LogP contribution in [0.25, 0.3) is 10.4 Å². The molecule has 0 saturated carbocycles. The SMILES string of the molecule is CCC(CC)(CC)NCc1cc(-c2cccs2)cs1. The lowest BCUT2D eigenvalue weighted by Gasteiger charge is -2.31. The minimum absolute atomic E-state index is 0.313. The predicted octanol–water partition coefficient (Wildman–Crippen LogP) is 5.54. The Morgan fingerprint density at radius 1 is 1.11 bits per heavy atom. The minimum Gasteiger partial charge on any atom is -0.306 e. The topological polar surface area (TPSA) is 12.0 Å². The number of hydrogen-bond acceptors (Lipinski definition) is 3. The maximum atomic E-state index is 3.77. The fourth-order valence-corrected chi connectivity index (χ4v) is 4.06. The van der Waals surface area contributed by atoms with Gasteiger partial charge in [0.15, 0.2) is 0 Å². The molecule has 2 rings (SSSR count). The summed E-state index contributed by atoms with van der Waals surface area (Å²) in [7, 11) is 0. The summed E-state index contributed by atoms with van der Waals surface area (Å²) < 4.78 is 0. The van der Waals surface area contributed by atoms with Crippen LogP contribution in [0.3, 0.4) is 0 Å². The molecule has 1 nitrogen and oxygen atoms in total. The van der Waals surface area contributed by atoms with Crippen molar-refractivity contribution in [3.8, 4) is 10.4 Å². The Bertz CT molecular complexity index is 472. The van der Waals surface area contributed by atoms with E-state index in [0.29, 0.717) is 5.54 Å². The first-order valence-corrected chi connectivity index (χ1v) is 8.85. The van der Waals surface area contributed by atoms with Gasteiger partial charge in [0, 0.05) is 27.4 Å². The Morgan fingerprint density at radius 2 is 1.84 bits per heavy atom. The van der Waals surface area contributed by atoms with Crippen LogP contribution < -0.4 is 5.32 Å². The van der Waals surface area contributed by atoms with Crippen LogP contribution in [0.5, 0.6) is 0 Å². The van der Waals surface area contributed by atoms with Gasteiger partial charge in [-0.2, -0.15) is 0 Å². The highest BCUT2D eigenvalue weighted by Gasteiger charge is 2.22. The summed E-state index contributed by atoms with van der Waals surface area (Å²) >= 11 is 3.68. The molecule has 0 aliphatic rings. The number of nitrogens with one attached hydrogen (secondary N) is 1. The van der Waals surface area contributed by atoms with Crippen LogP contribution in [-0.2, 0) is 6.54 Å². The second kappa shape index (κ2) is 6.69. The normalized spacial score (nSPS) is 11.9. The van der Waals surface area contributed by atoms with Gasteiger partial charge in [0.2, 0.25) is 0 Å². The first-order chi connectivity index (χ1) is 9.23. The average molecular weight is 294 g/mol. The lowest BCUT2D eigenvalue weighted by Crippen LogP contribution is -2.42. The molecular formula is C16H23NS2. The van der Waals surface area contributed by atoms with E-state index in [0.717, 1.165) is 6.54 Å². The Balaban J connectivity index is 2.01. The van der Waals surface area contributed by atoms with E-state index in [4.69, 9.17) is 0 Å². The molecule has 0 aromatic carbocycles. The second-order valence-electron chi connectivity index (χ2n) is 4.97. The molecular weight excluding hydrogens is 270 g/mol. The Kier molecular flexibility index (Phi) is 5.20. The van der Waals surface area contributed by atoms with Gasteiger partial charge < -0.3 is 5.32 Å². The van der Waals surface area contributed by atoms with E-state index in [1.54, 1.807) is 0 Å². The number of hydrogen-bond donors (Lipinski definition) is 1. The third-order valence-corrected chi connectivity index (χ3v) is 5.98. The van der Waals surface area contributed by atoms with Crippen LogP contribution in [0.1, 0.15) is 44.9 Å². The fourth-order valence-electron chi connectivity index (χ4n) is 2.44. The van der Waals surface area contributed by atoms with Crippen LogP contribution in [0.15, 0.2) is 29.0 Å². The molecule has 0 aliphatic heterocycles. The molecule has 0 bridgehead atoms. The van der Waals surface area contributed by atoms with E-state index in [1.807, 2.05) is 22.7 Å². The quantitative estimate of drug-likeness (QED) is 0.707. The van der Waals surface area contributed by atoms with Gasteiger partial charge in [-0.1, -0.05) is 26.8 Å². The summed E-state index contributed by atoms with van der Waals surface area (Å²) in [5, 5.41) is 8.18. The predicted molar refractivity (Wildman–Crippen MR) is 88.1 cm³/mol. The Labute approximate surface area is 124 Å². The van der Waals surface area contributed by atoms with Crippen molar-refractivity contribution >= 4 is 22.7 Å². The van der Waals surface area contributed by atoms with Gasteiger partial charge in [0.1, 0.15) is 0 Å². The summed E-state index contributed by atoms with van der Waals surface area (Å²) in [5.74, 6) is 0. The molecule has 104 valence electrons. The summed E-state index contributed by atoms with van der Waals surface area (Å²) in [6.07, 6.45) is 3.59. The Hall–Kier alpha value is -0.640. The van der Waals surface area contributed by atoms with Crippen molar-refractivity contribution in [2.45, 2.75) is 52.1 Å². The average Bonchev–Trinajstić information content (AvgIpc) is 3.12. The van der Waals surface area contributed by atoms with Crippen LogP contribution in [-0.4, -0.2) is 5.54 Å². The Morgan fingerprint density at radius 3 is 2.42 bits per heavy atom. The van der Waals surface area contributed by atoms with E-state index in [1.165, 1.54) is 34.6 Å². The lowest BCUT2D eigenvalue weighted by atomic mass is 9.90. The van der Waals surface area contributed by atoms with E-state index < -0.39 is 0 Å². The molecule has 1 N–H and O–H groups in total. The molecule has 3 heteroatoms. The molecule has 0 amide bonds. The van der Waals surface area contributed by atoms with Gasteiger partial charge in [-0.3, -0.25) is 0 Å². The van der Waals surface area contributed by atoms with Crippen LogP contribution >= 0.6 is 22.7 Å². The molecule has 0 aliphatic carbocycles. The van der Waals surface area contributed by atoms with Crippen molar-refractivity contribution in [2.75, 3.05) is 0 Å². The van der Waals surface area contributed by atoms with Gasteiger partial charge in [0.05, 0.1) is 0 Å². The molecule has 2 aromatic heterocycles. The van der Waals surface area contributed by atoms with Crippen LogP contribution in [0.2, 0.25) is 0 Å². The maximum absolute atomic E-state index is 3.77. The fraction of sp³-hybridized carbons (Fsp3) is 0.500. The van der Waals surface area contributed by atoms with Crippen molar-refractivity contribution in [2.24, 2.45) is 0 Å². The molecule has 0 radical (unpaired) electrons. The smallest absolute Gasteiger partial charge is 0.0351 e. The lowest BCUT2D eigenvalue weighted by molar-refractivity contribution is 0.289. The molecule has 0 saturated heterocycles. The molecule has 2 heterocycles. The van der Waals surface area contributed by atoms with Crippen LogP contribution in [0, 0.1) is 0 Å². The van der Waals surface area contributed by atoms with E-state index >= 15 is 0 Å². The first kappa shape index (κ1) is 14.8. The maximum Gasteiger partial charge on any atom is 0.0351 e. The summed E-state index contributed by atoms with van der Waals surface area (Å²) in [6.45, 7) is 7.84. The van der Waals surface area contributed by atoms with Gasteiger partial charge in [-0.05, 0) is 42.2 Å². The third-order valence-electron chi connectivity index (χ3n) is 4.13. The summed E-state index contributed by atoms with van der Waals surface area (Å²) in [4.78, 5) is 2.80. The molecule has 0 spiro atoms. The molecule has 0 fully saturated rings. The van der Waals surface area contributed by atoms with Crippen molar-refractivity contribution in [1.29, 1.82) is 0 Å². The molecule has 2 aromatic rings. The van der Waals surface area contributed by atoms with Crippen LogP contribution in [0.4, 0.5) is 0 Å².